The normalized spacial score (nSPS) is 26.6. The highest BCUT2D eigenvalue weighted by Crippen LogP contribution is 2.49. The van der Waals surface area contributed by atoms with E-state index in [-0.39, 0.29) is 19.2 Å². The van der Waals surface area contributed by atoms with Crippen LogP contribution in [0.3, 0.4) is 0 Å². The Morgan fingerprint density at radius 3 is 2.50 bits per heavy atom. The maximum Gasteiger partial charge on any atom is 0.357 e. The second kappa shape index (κ2) is 5.79. The monoisotopic (exact) mass is 280 g/mol. The predicted molar refractivity (Wildman–Crippen MR) is 61.9 cm³/mol. The summed E-state index contributed by atoms with van der Waals surface area (Å²) in [5.74, 6) is -0.466. The molecule has 2 unspecified atom stereocenters. The molecule has 0 bridgehead atoms. The molecule has 1 aliphatic heterocycles. The van der Waals surface area contributed by atoms with Gasteiger partial charge in [0.15, 0.2) is 0 Å². The van der Waals surface area contributed by atoms with Gasteiger partial charge in [0.25, 0.3) is 5.91 Å². The molecule has 3 amide bonds. The Morgan fingerprint density at radius 1 is 1.39 bits per heavy atom. The second-order valence-corrected chi connectivity index (χ2v) is 6.17. The molecular weight excluding hydrogens is 263 g/mol. The molecular formula is C9H17N2O6P. The van der Waals surface area contributed by atoms with E-state index in [1.807, 2.05) is 0 Å². The van der Waals surface area contributed by atoms with Gasteiger partial charge in [-0.15, -0.1) is 4.67 Å². The summed E-state index contributed by atoms with van der Waals surface area (Å²) in [5.41, 5.74) is -1.11. The van der Waals surface area contributed by atoms with Gasteiger partial charge < -0.3 is 9.84 Å². The molecule has 1 fully saturated rings. The molecule has 0 spiro atoms. The van der Waals surface area contributed by atoms with Gasteiger partial charge in [-0.3, -0.25) is 14.7 Å². The molecule has 2 N–H and O–H groups in total. The molecule has 0 aromatic rings. The summed E-state index contributed by atoms with van der Waals surface area (Å²) in [5, 5.41) is 4.57. The third-order valence-electron chi connectivity index (χ3n) is 2.57. The summed E-state index contributed by atoms with van der Waals surface area (Å²) in [7, 11) is -2.18. The van der Waals surface area contributed by atoms with Crippen LogP contribution in [0.4, 0.5) is 4.79 Å². The highest BCUT2D eigenvalue weighted by Gasteiger charge is 2.43. The Balaban J connectivity index is 2.60. The van der Waals surface area contributed by atoms with Crippen LogP contribution >= 0.6 is 7.60 Å². The summed E-state index contributed by atoms with van der Waals surface area (Å²) in [6.07, 6.45) is 0.0659. The van der Waals surface area contributed by atoms with E-state index < -0.39 is 25.1 Å². The van der Waals surface area contributed by atoms with Gasteiger partial charge in [0.1, 0.15) is 5.54 Å². The highest BCUT2D eigenvalue weighted by molar-refractivity contribution is 7.53. The summed E-state index contributed by atoms with van der Waals surface area (Å²) < 4.78 is 21.5. The fraction of sp³-hybridized carbons (Fsp3) is 0.778. The summed E-state index contributed by atoms with van der Waals surface area (Å²) in [6.45, 7) is 3.43. The summed E-state index contributed by atoms with van der Waals surface area (Å²) in [6, 6.07) is -0.569. The minimum Gasteiger partial charge on any atom is -0.324 e. The van der Waals surface area contributed by atoms with Gasteiger partial charge in [0.05, 0.1) is 12.8 Å². The molecule has 9 heteroatoms. The Kier molecular flexibility index (Phi) is 4.86. The van der Waals surface area contributed by atoms with E-state index in [0.29, 0.717) is 0 Å². The van der Waals surface area contributed by atoms with Crippen LogP contribution in [0.25, 0.3) is 0 Å². The maximum atomic E-state index is 12.0. The zero-order valence-electron chi connectivity index (χ0n) is 10.5. The Labute approximate surface area is 105 Å². The molecule has 0 aliphatic carbocycles. The third-order valence-corrected chi connectivity index (χ3v) is 4.23. The Morgan fingerprint density at radius 2 is 2.06 bits per heavy atom. The van der Waals surface area contributed by atoms with Crippen LogP contribution < -0.4 is 10.6 Å². The molecule has 1 heterocycles. The van der Waals surface area contributed by atoms with Crippen molar-refractivity contribution in [2.24, 2.45) is 0 Å². The molecule has 0 radical (unpaired) electrons. The Hall–Kier alpha value is -0.950. The first-order valence-electron chi connectivity index (χ1n) is 5.45. The fourth-order valence-electron chi connectivity index (χ4n) is 1.41. The van der Waals surface area contributed by atoms with Crippen molar-refractivity contribution >= 4 is 19.5 Å². The number of nitrogens with one attached hydrogen (secondary N) is 2. The van der Waals surface area contributed by atoms with Crippen LogP contribution in [0.1, 0.15) is 20.3 Å². The Bertz CT molecular complexity index is 387. The van der Waals surface area contributed by atoms with Gasteiger partial charge in [-0.05, 0) is 20.3 Å². The first-order chi connectivity index (χ1) is 8.35. The van der Waals surface area contributed by atoms with E-state index in [9.17, 15) is 14.2 Å². The third kappa shape index (κ3) is 3.52. The number of carbonyl (C=O) groups is 2. The number of hydrogen-bond donors (Lipinski definition) is 2. The maximum absolute atomic E-state index is 12.0. The number of hydrogen-bond acceptors (Lipinski definition) is 6. The lowest BCUT2D eigenvalue weighted by molar-refractivity contribution is -0.209. The zero-order valence-corrected chi connectivity index (χ0v) is 11.4. The van der Waals surface area contributed by atoms with Gasteiger partial charge in [0, 0.05) is 7.11 Å². The van der Waals surface area contributed by atoms with Gasteiger partial charge in [-0.25, -0.2) is 9.68 Å². The van der Waals surface area contributed by atoms with Crippen molar-refractivity contribution < 1.29 is 28.2 Å². The van der Waals surface area contributed by atoms with E-state index >= 15 is 0 Å². The quantitative estimate of drug-likeness (QED) is 0.309. The molecule has 2 atom stereocenters. The molecule has 0 saturated carbocycles. The average Bonchev–Trinajstić information content (AvgIpc) is 2.58. The molecule has 1 saturated heterocycles. The zero-order chi connectivity index (χ0) is 13.8. The number of amides is 3. The van der Waals surface area contributed by atoms with Crippen LogP contribution in [-0.2, 0) is 23.4 Å². The smallest absolute Gasteiger partial charge is 0.324 e. The minimum absolute atomic E-state index is 0.0479. The fourth-order valence-corrected chi connectivity index (χ4v) is 2.71. The van der Waals surface area contributed by atoms with Gasteiger partial charge in [-0.2, -0.15) is 0 Å². The van der Waals surface area contributed by atoms with Crippen LogP contribution in [0.15, 0.2) is 0 Å². The van der Waals surface area contributed by atoms with E-state index in [1.165, 1.54) is 14.0 Å². The molecule has 104 valence electrons. The minimum atomic E-state index is -3.41. The molecule has 1 aliphatic rings. The molecule has 1 rings (SSSR count). The summed E-state index contributed by atoms with van der Waals surface area (Å²) in [4.78, 5) is 27.2. The molecule has 0 aromatic heterocycles. The number of imide groups is 1. The van der Waals surface area contributed by atoms with Gasteiger partial charge in [-0.1, -0.05) is 0 Å². The van der Waals surface area contributed by atoms with E-state index in [0.717, 1.165) is 0 Å². The van der Waals surface area contributed by atoms with Crippen LogP contribution in [0.5, 0.6) is 0 Å². The van der Waals surface area contributed by atoms with Crippen molar-refractivity contribution in [3.8, 4) is 0 Å². The lowest BCUT2D eigenvalue weighted by Crippen LogP contribution is -2.44. The van der Waals surface area contributed by atoms with Crippen LogP contribution in [0, 0.1) is 0 Å². The van der Waals surface area contributed by atoms with Crippen molar-refractivity contribution in [1.29, 1.82) is 0 Å². The van der Waals surface area contributed by atoms with Crippen molar-refractivity contribution in [1.82, 2.24) is 10.6 Å². The standard InChI is InChI=1S/C9H17N2O6P/c1-4-16-17-18(14,15-3)6-5-9(2)7(12)10-8(13)11-9/h4-6H2,1-3H3,(H2,10,11,12,13). The lowest BCUT2D eigenvalue weighted by Gasteiger charge is -2.22. The van der Waals surface area contributed by atoms with Gasteiger partial charge in [0.2, 0.25) is 0 Å². The van der Waals surface area contributed by atoms with E-state index in [2.05, 4.69) is 20.2 Å². The van der Waals surface area contributed by atoms with E-state index in [1.54, 1.807) is 6.92 Å². The number of carbonyl (C=O) groups excluding carboxylic acids is 2. The largest absolute Gasteiger partial charge is 0.357 e. The average molecular weight is 280 g/mol. The van der Waals surface area contributed by atoms with Crippen molar-refractivity contribution in [2.75, 3.05) is 19.9 Å². The molecule has 18 heavy (non-hydrogen) atoms. The molecule has 0 aromatic carbocycles. The predicted octanol–water partition coefficient (Wildman–Crippen LogP) is 0.782. The first kappa shape index (κ1) is 15.1. The first-order valence-corrected chi connectivity index (χ1v) is 7.17. The topological polar surface area (TPSA) is 103 Å². The van der Waals surface area contributed by atoms with E-state index in [4.69, 9.17) is 4.52 Å². The SMILES string of the molecule is CCOOP(=O)(CCC1(C)NC(=O)NC1=O)OC. The van der Waals surface area contributed by atoms with Crippen LogP contribution in [0.2, 0.25) is 0 Å². The van der Waals surface area contributed by atoms with Crippen LogP contribution in [-0.4, -0.2) is 37.4 Å². The molecule has 8 nitrogen and oxygen atoms in total. The second-order valence-electron chi connectivity index (χ2n) is 3.99. The van der Waals surface area contributed by atoms with Crippen molar-refractivity contribution in [3.63, 3.8) is 0 Å². The highest BCUT2D eigenvalue weighted by atomic mass is 31.2. The van der Waals surface area contributed by atoms with Crippen molar-refractivity contribution in [2.45, 2.75) is 25.8 Å². The number of rotatable bonds is 7. The number of urea groups is 1. The summed E-state index contributed by atoms with van der Waals surface area (Å²) >= 11 is 0. The van der Waals surface area contributed by atoms with Crippen molar-refractivity contribution in [3.05, 3.63) is 0 Å². The van der Waals surface area contributed by atoms with Gasteiger partial charge >= 0.3 is 13.6 Å². The lowest BCUT2D eigenvalue weighted by atomic mass is 10.00.